The summed E-state index contributed by atoms with van der Waals surface area (Å²) in [6.45, 7) is 0. The molecule has 0 aliphatic carbocycles. The van der Waals surface area contributed by atoms with Gasteiger partial charge >= 0.3 is 51.2 Å². The Hall–Kier alpha value is 0.343. The second-order valence-corrected chi connectivity index (χ2v) is 2.58. The topological polar surface area (TPSA) is 0 Å². The van der Waals surface area contributed by atoms with Gasteiger partial charge in [0, 0.05) is 0 Å². The Morgan fingerprint density at radius 3 is 1.56 bits per heavy atom. The van der Waals surface area contributed by atoms with Gasteiger partial charge < -0.3 is 0 Å². The van der Waals surface area contributed by atoms with Crippen molar-refractivity contribution in [2.75, 3.05) is 0 Å². The van der Waals surface area contributed by atoms with Crippen molar-refractivity contribution in [1.82, 2.24) is 0 Å². The molecule has 0 fully saturated rings. The number of hydrogen-bond donors (Lipinski definition) is 0. The Kier molecular flexibility index (Phi) is 8.66. The summed E-state index contributed by atoms with van der Waals surface area (Å²) in [5, 5.41) is 0. The van der Waals surface area contributed by atoms with Gasteiger partial charge in [0.2, 0.25) is 0 Å². The van der Waals surface area contributed by atoms with E-state index in [-0.39, 0.29) is 24.8 Å². The van der Waals surface area contributed by atoms with Crippen LogP contribution in [0.15, 0.2) is 30.3 Å². The molecule has 3 heteroatoms. The maximum absolute atomic E-state index is 2.08. The van der Waals surface area contributed by atoms with Crippen LogP contribution in [0.1, 0.15) is 0 Å². The molecule has 1 aromatic rings. The molecule has 0 nitrogen and oxygen atoms in total. The van der Waals surface area contributed by atoms with Crippen molar-refractivity contribution in [3.05, 3.63) is 30.3 Å². The molecule has 0 amide bonds. The summed E-state index contributed by atoms with van der Waals surface area (Å²) in [4.78, 5) is 0. The summed E-state index contributed by atoms with van der Waals surface area (Å²) in [6, 6.07) is 10.3. The minimum absolute atomic E-state index is 0. The molecule has 1 aromatic carbocycles. The molecule has 0 aliphatic rings. The van der Waals surface area contributed by atoms with E-state index in [4.69, 9.17) is 0 Å². The van der Waals surface area contributed by atoms with E-state index < -0.39 is 0 Å². The third-order valence-corrected chi connectivity index (χ3v) is 1.47. The molecule has 49 valence electrons. The van der Waals surface area contributed by atoms with Gasteiger partial charge in [-0.25, -0.2) is 0 Å². The Bertz CT molecular complexity index is 141. The van der Waals surface area contributed by atoms with Crippen LogP contribution in [-0.4, -0.2) is 16.5 Å². The maximum atomic E-state index is 2.08. The number of halogens is 2. The Morgan fingerprint density at radius 2 is 1.33 bits per heavy atom. The van der Waals surface area contributed by atoms with Crippen molar-refractivity contribution in [3.63, 3.8) is 0 Å². The summed E-state index contributed by atoms with van der Waals surface area (Å²) in [5.74, 6) is 0. The molecule has 0 unspecified atom stereocenters. The van der Waals surface area contributed by atoms with Crippen molar-refractivity contribution in [2.45, 2.75) is 0 Å². The first-order valence-electron chi connectivity index (χ1n) is 2.16. The SMILES string of the molecule is Cl.Cl.[Ge][c]1ccccc1. The van der Waals surface area contributed by atoms with Gasteiger partial charge in [0.25, 0.3) is 0 Å². The van der Waals surface area contributed by atoms with Gasteiger partial charge in [-0.3, -0.25) is 0 Å². The van der Waals surface area contributed by atoms with Crippen LogP contribution in [0.4, 0.5) is 0 Å². The van der Waals surface area contributed by atoms with Crippen LogP contribution < -0.4 is 4.40 Å². The minimum atomic E-state index is 0. The molecule has 0 saturated heterocycles. The monoisotopic (exact) mass is 223 g/mol. The van der Waals surface area contributed by atoms with Crippen LogP contribution in [0, 0.1) is 0 Å². The molecule has 9 heavy (non-hydrogen) atoms. The molecule has 3 radical (unpaired) electrons. The van der Waals surface area contributed by atoms with Gasteiger partial charge in [-0.1, -0.05) is 0 Å². The van der Waals surface area contributed by atoms with Crippen LogP contribution in [0.3, 0.4) is 0 Å². The molecule has 0 saturated carbocycles. The Balaban J connectivity index is 0. The Labute approximate surface area is 76.1 Å². The van der Waals surface area contributed by atoms with E-state index >= 15 is 0 Å². The zero-order valence-electron chi connectivity index (χ0n) is 4.70. The van der Waals surface area contributed by atoms with Gasteiger partial charge in [-0.2, -0.15) is 0 Å². The Morgan fingerprint density at radius 1 is 0.889 bits per heavy atom. The predicted molar refractivity (Wildman–Crippen MR) is 46.3 cm³/mol. The fourth-order valence-electron chi connectivity index (χ4n) is 0.438. The van der Waals surface area contributed by atoms with Crippen LogP contribution in [0.2, 0.25) is 0 Å². The van der Waals surface area contributed by atoms with E-state index in [0.717, 1.165) is 0 Å². The average molecular weight is 223 g/mol. The van der Waals surface area contributed by atoms with E-state index in [1.165, 1.54) is 4.40 Å². The second kappa shape index (κ2) is 6.46. The van der Waals surface area contributed by atoms with Crippen molar-refractivity contribution in [1.29, 1.82) is 0 Å². The fraction of sp³-hybridized carbons (Fsp3) is 0. The third kappa shape index (κ3) is 4.82. The van der Waals surface area contributed by atoms with Gasteiger partial charge in [0.1, 0.15) is 0 Å². The first kappa shape index (κ1) is 12.1. The van der Waals surface area contributed by atoms with Crippen molar-refractivity contribution < 1.29 is 0 Å². The summed E-state index contributed by atoms with van der Waals surface area (Å²) in [7, 11) is 0. The van der Waals surface area contributed by atoms with Crippen molar-refractivity contribution >= 4 is 45.7 Å². The number of rotatable bonds is 0. The summed E-state index contributed by atoms with van der Waals surface area (Å²) >= 11 is 2.08. The first-order valence-corrected chi connectivity index (χ1v) is 3.21. The molecule has 0 N–H and O–H groups in total. The summed E-state index contributed by atoms with van der Waals surface area (Å²) < 4.78 is 1.32. The van der Waals surface area contributed by atoms with Crippen molar-refractivity contribution in [3.8, 4) is 0 Å². The second-order valence-electron chi connectivity index (χ2n) is 1.37. The summed E-state index contributed by atoms with van der Waals surface area (Å²) in [6.07, 6.45) is 0. The predicted octanol–water partition coefficient (Wildman–Crippen LogP) is 1.32. The van der Waals surface area contributed by atoms with Gasteiger partial charge in [0.15, 0.2) is 0 Å². The molecule has 0 heterocycles. The first-order chi connectivity index (χ1) is 3.39. The number of benzene rings is 1. The van der Waals surface area contributed by atoms with E-state index in [0.29, 0.717) is 0 Å². The third-order valence-electron chi connectivity index (χ3n) is 0.774. The zero-order chi connectivity index (χ0) is 5.11. The van der Waals surface area contributed by atoms with Gasteiger partial charge in [0.05, 0.1) is 0 Å². The van der Waals surface area contributed by atoms with E-state index in [1.54, 1.807) is 0 Å². The molecule has 0 spiro atoms. The molecular weight excluding hydrogens is 216 g/mol. The van der Waals surface area contributed by atoms with Gasteiger partial charge in [-0.05, 0) is 0 Å². The van der Waals surface area contributed by atoms with E-state index in [1.807, 2.05) is 18.2 Å². The quantitative estimate of drug-likeness (QED) is 0.581. The molecule has 1 rings (SSSR count). The van der Waals surface area contributed by atoms with E-state index in [2.05, 4.69) is 28.6 Å². The zero-order valence-corrected chi connectivity index (χ0v) is 8.43. The number of hydrogen-bond acceptors (Lipinski definition) is 0. The molecule has 0 atom stereocenters. The molecule has 0 bridgehead atoms. The normalized spacial score (nSPS) is 6.78. The van der Waals surface area contributed by atoms with E-state index in [9.17, 15) is 0 Å². The fourth-order valence-corrected chi connectivity index (χ4v) is 0.842. The molecule has 0 aromatic heterocycles. The summed E-state index contributed by atoms with van der Waals surface area (Å²) in [5.41, 5.74) is 0. The van der Waals surface area contributed by atoms with Crippen LogP contribution >= 0.6 is 24.8 Å². The average Bonchev–Trinajstić information content (AvgIpc) is 1.69. The standard InChI is InChI=1S/C6H5Ge.2ClH/c7-6-4-2-1-3-5-6;;/h1-5H;2*1H. The molecule has 0 aliphatic heterocycles. The van der Waals surface area contributed by atoms with Crippen molar-refractivity contribution in [2.24, 2.45) is 0 Å². The van der Waals surface area contributed by atoms with Crippen LogP contribution in [0.25, 0.3) is 0 Å². The van der Waals surface area contributed by atoms with Crippen LogP contribution in [0.5, 0.6) is 0 Å². The van der Waals surface area contributed by atoms with Crippen LogP contribution in [-0.2, 0) is 0 Å². The van der Waals surface area contributed by atoms with Gasteiger partial charge in [-0.15, -0.1) is 24.8 Å². The molecular formula is C6H7Cl2Ge.